The van der Waals surface area contributed by atoms with Crippen molar-refractivity contribution in [3.63, 3.8) is 0 Å². The van der Waals surface area contributed by atoms with E-state index in [1.807, 2.05) is 0 Å². The second kappa shape index (κ2) is 5.24. The normalized spacial score (nSPS) is 12.7. The number of rotatable bonds is 4. The molecule has 1 atom stereocenters. The molecule has 0 aliphatic heterocycles. The smallest absolute Gasteiger partial charge is 0.255 e. The van der Waals surface area contributed by atoms with Gasteiger partial charge in [-0.15, -0.1) is 0 Å². The van der Waals surface area contributed by atoms with Gasteiger partial charge in [0.2, 0.25) is 5.82 Å². The molecule has 0 fully saturated rings. The first-order valence-electron chi connectivity index (χ1n) is 5.60. The van der Waals surface area contributed by atoms with Gasteiger partial charge in [-0.2, -0.15) is 4.98 Å². The fourth-order valence-electron chi connectivity index (χ4n) is 1.64. The molecule has 0 spiro atoms. The van der Waals surface area contributed by atoms with Gasteiger partial charge in [0.1, 0.15) is 11.9 Å². The van der Waals surface area contributed by atoms with Crippen LogP contribution in [0.5, 0.6) is 0 Å². The predicted octanol–water partition coefficient (Wildman–Crippen LogP) is 1.57. The van der Waals surface area contributed by atoms with Crippen LogP contribution in [-0.4, -0.2) is 21.8 Å². The highest BCUT2D eigenvalue weighted by Gasteiger charge is 2.17. The van der Waals surface area contributed by atoms with Crippen molar-refractivity contribution in [1.29, 1.82) is 0 Å². The molecular formula is C12H14FN3O2. The Balaban J connectivity index is 2.29. The van der Waals surface area contributed by atoms with E-state index >= 15 is 0 Å². The summed E-state index contributed by atoms with van der Waals surface area (Å²) in [6.45, 7) is 2.08. The second-order valence-electron chi connectivity index (χ2n) is 4.01. The Bertz CT molecular complexity index is 542. The number of aryl methyl sites for hydroxylation is 1. The summed E-state index contributed by atoms with van der Waals surface area (Å²) >= 11 is 0. The van der Waals surface area contributed by atoms with Crippen molar-refractivity contribution in [1.82, 2.24) is 10.1 Å². The van der Waals surface area contributed by atoms with E-state index in [1.54, 1.807) is 13.0 Å². The Hall–Kier alpha value is -1.79. The first-order valence-corrected chi connectivity index (χ1v) is 5.60. The molecule has 0 aliphatic carbocycles. The molecule has 1 aromatic carbocycles. The van der Waals surface area contributed by atoms with Crippen molar-refractivity contribution in [3.05, 3.63) is 35.5 Å². The summed E-state index contributed by atoms with van der Waals surface area (Å²) in [7, 11) is 0. The van der Waals surface area contributed by atoms with Gasteiger partial charge in [0.25, 0.3) is 5.89 Å². The van der Waals surface area contributed by atoms with Crippen LogP contribution >= 0.6 is 0 Å². The number of aromatic nitrogens is 2. The Morgan fingerprint density at radius 2 is 2.28 bits per heavy atom. The van der Waals surface area contributed by atoms with Gasteiger partial charge in [-0.3, -0.25) is 0 Å². The van der Waals surface area contributed by atoms with Crippen molar-refractivity contribution in [3.8, 4) is 11.4 Å². The summed E-state index contributed by atoms with van der Waals surface area (Å²) < 4.78 is 17.9. The number of hydrogen-bond acceptors (Lipinski definition) is 5. The predicted molar refractivity (Wildman–Crippen MR) is 63.1 cm³/mol. The SMILES string of the molecule is Cc1cc(F)ccc1-c1noc(C(O)CCN)n1. The number of nitrogens with zero attached hydrogens (tertiary/aromatic N) is 2. The summed E-state index contributed by atoms with van der Waals surface area (Å²) in [5, 5.41) is 13.4. The maximum Gasteiger partial charge on any atom is 0.255 e. The van der Waals surface area contributed by atoms with Crippen LogP contribution in [0.15, 0.2) is 22.7 Å². The van der Waals surface area contributed by atoms with Crippen LogP contribution < -0.4 is 5.73 Å². The van der Waals surface area contributed by atoms with E-state index in [2.05, 4.69) is 10.1 Å². The highest BCUT2D eigenvalue weighted by molar-refractivity contribution is 5.59. The molecule has 1 heterocycles. The molecule has 0 radical (unpaired) electrons. The zero-order valence-electron chi connectivity index (χ0n) is 9.93. The van der Waals surface area contributed by atoms with Crippen LogP contribution in [0.3, 0.4) is 0 Å². The minimum absolute atomic E-state index is 0.124. The average molecular weight is 251 g/mol. The molecule has 0 aliphatic rings. The topological polar surface area (TPSA) is 85.2 Å². The molecule has 0 saturated heterocycles. The second-order valence-corrected chi connectivity index (χ2v) is 4.01. The van der Waals surface area contributed by atoms with Gasteiger partial charge in [-0.05, 0) is 43.7 Å². The van der Waals surface area contributed by atoms with Crippen LogP contribution in [0.4, 0.5) is 4.39 Å². The highest BCUT2D eigenvalue weighted by Crippen LogP contribution is 2.23. The minimum Gasteiger partial charge on any atom is -0.383 e. The van der Waals surface area contributed by atoms with Crippen LogP contribution in [0.25, 0.3) is 11.4 Å². The van der Waals surface area contributed by atoms with Crippen molar-refractivity contribution < 1.29 is 14.0 Å². The quantitative estimate of drug-likeness (QED) is 0.861. The van der Waals surface area contributed by atoms with Crippen molar-refractivity contribution in [2.75, 3.05) is 6.54 Å². The van der Waals surface area contributed by atoms with Gasteiger partial charge >= 0.3 is 0 Å². The lowest BCUT2D eigenvalue weighted by atomic mass is 10.1. The third-order valence-electron chi connectivity index (χ3n) is 2.60. The van der Waals surface area contributed by atoms with Gasteiger partial charge in [-0.25, -0.2) is 4.39 Å². The Labute approximate surface area is 103 Å². The lowest BCUT2D eigenvalue weighted by molar-refractivity contribution is 0.127. The lowest BCUT2D eigenvalue weighted by Gasteiger charge is -2.01. The van der Waals surface area contributed by atoms with E-state index in [4.69, 9.17) is 10.3 Å². The van der Waals surface area contributed by atoms with E-state index in [9.17, 15) is 9.50 Å². The van der Waals surface area contributed by atoms with Crippen LogP contribution in [-0.2, 0) is 0 Å². The van der Waals surface area contributed by atoms with Gasteiger partial charge in [0.15, 0.2) is 0 Å². The zero-order chi connectivity index (χ0) is 13.1. The number of aliphatic hydroxyl groups excluding tert-OH is 1. The van der Waals surface area contributed by atoms with Crippen LogP contribution in [0.2, 0.25) is 0 Å². The summed E-state index contributed by atoms with van der Waals surface area (Å²) in [4.78, 5) is 4.08. The zero-order valence-corrected chi connectivity index (χ0v) is 9.93. The Morgan fingerprint density at radius 3 is 2.94 bits per heavy atom. The number of hydrogen-bond donors (Lipinski definition) is 2. The fraction of sp³-hybridized carbons (Fsp3) is 0.333. The molecule has 2 aromatic rings. The minimum atomic E-state index is -0.864. The number of nitrogens with two attached hydrogens (primary N) is 1. The maximum absolute atomic E-state index is 13.0. The number of benzene rings is 1. The third kappa shape index (κ3) is 2.55. The van der Waals surface area contributed by atoms with Crippen LogP contribution in [0.1, 0.15) is 24.0 Å². The first kappa shape index (κ1) is 12.7. The van der Waals surface area contributed by atoms with Crippen molar-refractivity contribution in [2.24, 2.45) is 5.73 Å². The molecule has 0 saturated carbocycles. The molecule has 96 valence electrons. The largest absolute Gasteiger partial charge is 0.383 e. The molecule has 6 heteroatoms. The number of aliphatic hydroxyl groups is 1. The molecule has 1 aromatic heterocycles. The fourth-order valence-corrected chi connectivity index (χ4v) is 1.64. The molecule has 0 amide bonds. The van der Waals surface area contributed by atoms with Gasteiger partial charge < -0.3 is 15.4 Å². The highest BCUT2D eigenvalue weighted by atomic mass is 19.1. The monoisotopic (exact) mass is 251 g/mol. The van der Waals surface area contributed by atoms with E-state index < -0.39 is 6.10 Å². The Morgan fingerprint density at radius 1 is 1.50 bits per heavy atom. The summed E-state index contributed by atoms with van der Waals surface area (Å²) in [5.74, 6) is 0.140. The standard InChI is InChI=1S/C12H14FN3O2/c1-7-6-8(13)2-3-9(7)11-15-12(18-16-11)10(17)4-5-14/h2-3,6,10,17H,4-5,14H2,1H3. The van der Waals surface area contributed by atoms with E-state index in [1.165, 1.54) is 12.1 Å². The summed E-state index contributed by atoms with van der Waals surface area (Å²) in [5.41, 5.74) is 6.71. The number of halogens is 1. The average Bonchev–Trinajstić information content (AvgIpc) is 2.78. The molecule has 2 rings (SSSR count). The molecule has 18 heavy (non-hydrogen) atoms. The van der Waals surface area contributed by atoms with Crippen LogP contribution in [0, 0.1) is 12.7 Å². The lowest BCUT2D eigenvalue weighted by Crippen LogP contribution is -2.06. The molecule has 3 N–H and O–H groups in total. The van der Waals surface area contributed by atoms with Crippen molar-refractivity contribution in [2.45, 2.75) is 19.4 Å². The first-order chi connectivity index (χ1) is 8.61. The van der Waals surface area contributed by atoms with E-state index in [0.29, 0.717) is 29.9 Å². The third-order valence-corrected chi connectivity index (χ3v) is 2.60. The Kier molecular flexibility index (Phi) is 3.69. The van der Waals surface area contributed by atoms with Crippen molar-refractivity contribution >= 4 is 0 Å². The molecule has 5 nitrogen and oxygen atoms in total. The van der Waals surface area contributed by atoms with E-state index in [-0.39, 0.29) is 11.7 Å². The molecule has 0 bridgehead atoms. The molecular weight excluding hydrogens is 237 g/mol. The molecule has 1 unspecified atom stereocenters. The van der Waals surface area contributed by atoms with Gasteiger partial charge in [-0.1, -0.05) is 5.16 Å². The van der Waals surface area contributed by atoms with Gasteiger partial charge in [0, 0.05) is 5.56 Å². The summed E-state index contributed by atoms with van der Waals surface area (Å²) in [6.07, 6.45) is -0.513. The van der Waals surface area contributed by atoms with Gasteiger partial charge in [0.05, 0.1) is 0 Å². The summed E-state index contributed by atoms with van der Waals surface area (Å²) in [6, 6.07) is 4.30. The maximum atomic E-state index is 13.0. The van der Waals surface area contributed by atoms with E-state index in [0.717, 1.165) is 0 Å².